The average molecular weight is 284 g/mol. The van der Waals surface area contributed by atoms with Gasteiger partial charge in [0.25, 0.3) is 0 Å². The summed E-state index contributed by atoms with van der Waals surface area (Å²) >= 11 is 0. The van der Waals surface area contributed by atoms with Crippen LogP contribution in [0.2, 0.25) is 0 Å². The number of carbonyl (C=O) groups excluding carboxylic acids is 1. The minimum Gasteiger partial charge on any atom is -0.465 e. The molecule has 2 atom stereocenters. The van der Waals surface area contributed by atoms with Gasteiger partial charge in [0.2, 0.25) is 0 Å². The van der Waals surface area contributed by atoms with Crippen molar-refractivity contribution in [2.24, 2.45) is 0 Å². The van der Waals surface area contributed by atoms with Crippen LogP contribution < -0.4 is 4.90 Å². The number of fused-ring (bicyclic) bond motifs is 3. The molecule has 108 valence electrons. The Balaban J connectivity index is 1.69. The van der Waals surface area contributed by atoms with Crippen LogP contribution in [-0.4, -0.2) is 43.4 Å². The van der Waals surface area contributed by atoms with Gasteiger partial charge in [0.05, 0.1) is 36.9 Å². The molecule has 21 heavy (non-hydrogen) atoms. The van der Waals surface area contributed by atoms with E-state index in [9.17, 15) is 4.79 Å². The molecular formula is C16H16N2O3. The van der Waals surface area contributed by atoms with Crippen LogP contribution in [0.3, 0.4) is 0 Å². The van der Waals surface area contributed by atoms with Gasteiger partial charge >= 0.3 is 5.97 Å². The molecule has 2 bridgehead atoms. The van der Waals surface area contributed by atoms with E-state index in [2.05, 4.69) is 4.90 Å². The summed E-state index contributed by atoms with van der Waals surface area (Å²) in [5.74, 6) is 0.666. The van der Waals surface area contributed by atoms with E-state index in [1.54, 1.807) is 6.07 Å². The van der Waals surface area contributed by atoms with Crippen LogP contribution >= 0.6 is 0 Å². The predicted octanol–water partition coefficient (Wildman–Crippen LogP) is 2.00. The third kappa shape index (κ3) is 2.05. The summed E-state index contributed by atoms with van der Waals surface area (Å²) in [4.78, 5) is 18.6. The van der Waals surface area contributed by atoms with Gasteiger partial charge in [-0.2, -0.15) is 0 Å². The third-order valence-electron chi connectivity index (χ3n) is 4.29. The number of methoxy groups -OCH3 is 1. The molecule has 3 heterocycles. The highest BCUT2D eigenvalue weighted by Crippen LogP contribution is 2.32. The van der Waals surface area contributed by atoms with Gasteiger partial charge in [-0.15, -0.1) is 0 Å². The molecule has 5 heteroatoms. The smallest absolute Gasteiger partial charge is 0.337 e. The molecule has 2 saturated heterocycles. The van der Waals surface area contributed by atoms with E-state index in [1.165, 1.54) is 7.11 Å². The average Bonchev–Trinajstić information content (AvgIpc) is 3.16. The summed E-state index contributed by atoms with van der Waals surface area (Å²) in [7, 11) is 1.39. The molecule has 5 nitrogen and oxygen atoms in total. The van der Waals surface area contributed by atoms with Crippen molar-refractivity contribution in [1.29, 1.82) is 0 Å². The van der Waals surface area contributed by atoms with Crippen molar-refractivity contribution in [3.8, 4) is 0 Å². The standard InChI is InChI=1S/C16H16N2O3/c1-20-16(19)11-2-4-14-10(6-11)3-5-15(17-14)18-8-13-7-12(18)9-21-13/h2-6,12-13H,7-9H2,1H3/t12-,13-/m0/s1. The van der Waals surface area contributed by atoms with Crippen LogP contribution in [0.5, 0.6) is 0 Å². The topological polar surface area (TPSA) is 51.7 Å². The van der Waals surface area contributed by atoms with Crippen molar-refractivity contribution in [2.75, 3.05) is 25.2 Å². The number of anilines is 1. The molecular weight excluding hydrogens is 268 g/mol. The van der Waals surface area contributed by atoms with Gasteiger partial charge < -0.3 is 14.4 Å². The molecule has 0 saturated carbocycles. The lowest BCUT2D eigenvalue weighted by atomic mass is 10.1. The van der Waals surface area contributed by atoms with E-state index >= 15 is 0 Å². The van der Waals surface area contributed by atoms with Crippen molar-refractivity contribution in [1.82, 2.24) is 4.98 Å². The highest BCUT2D eigenvalue weighted by Gasteiger charge is 2.39. The van der Waals surface area contributed by atoms with Crippen molar-refractivity contribution in [3.05, 3.63) is 35.9 Å². The number of hydrogen-bond donors (Lipinski definition) is 0. The van der Waals surface area contributed by atoms with Crippen LogP contribution in [0.25, 0.3) is 10.9 Å². The third-order valence-corrected chi connectivity index (χ3v) is 4.29. The first kappa shape index (κ1) is 12.6. The molecule has 0 aliphatic carbocycles. The van der Waals surface area contributed by atoms with Crippen LogP contribution in [0, 0.1) is 0 Å². The quantitative estimate of drug-likeness (QED) is 0.789. The summed E-state index contributed by atoms with van der Waals surface area (Å²) in [5.41, 5.74) is 1.44. The number of esters is 1. The molecule has 0 spiro atoms. The zero-order valence-electron chi connectivity index (χ0n) is 11.8. The number of rotatable bonds is 2. The maximum Gasteiger partial charge on any atom is 0.337 e. The van der Waals surface area contributed by atoms with Crippen LogP contribution in [-0.2, 0) is 9.47 Å². The van der Waals surface area contributed by atoms with Gasteiger partial charge in [0.1, 0.15) is 5.82 Å². The second-order valence-electron chi connectivity index (χ2n) is 5.57. The summed E-state index contributed by atoms with van der Waals surface area (Å²) in [6.07, 6.45) is 1.45. The van der Waals surface area contributed by atoms with Crippen LogP contribution in [0.1, 0.15) is 16.8 Å². The van der Waals surface area contributed by atoms with Crippen molar-refractivity contribution in [3.63, 3.8) is 0 Å². The van der Waals surface area contributed by atoms with Crippen molar-refractivity contribution in [2.45, 2.75) is 18.6 Å². The van der Waals surface area contributed by atoms with Crippen LogP contribution in [0.4, 0.5) is 5.82 Å². The predicted molar refractivity (Wildman–Crippen MR) is 78.6 cm³/mol. The SMILES string of the molecule is COC(=O)c1ccc2nc(N3C[C@@H]4C[C@H]3CO4)ccc2c1. The molecule has 0 radical (unpaired) electrons. The summed E-state index contributed by atoms with van der Waals surface area (Å²) < 4.78 is 10.4. The maximum absolute atomic E-state index is 11.6. The number of hydrogen-bond acceptors (Lipinski definition) is 5. The minimum atomic E-state index is -0.324. The lowest BCUT2D eigenvalue weighted by Gasteiger charge is -2.28. The van der Waals surface area contributed by atoms with E-state index in [4.69, 9.17) is 14.5 Å². The van der Waals surface area contributed by atoms with E-state index < -0.39 is 0 Å². The number of aromatic nitrogens is 1. The fourth-order valence-corrected chi connectivity index (χ4v) is 3.20. The molecule has 1 aromatic carbocycles. The second-order valence-corrected chi connectivity index (χ2v) is 5.57. The largest absolute Gasteiger partial charge is 0.465 e. The lowest BCUT2D eigenvalue weighted by Crippen LogP contribution is -2.37. The van der Waals surface area contributed by atoms with Gasteiger partial charge in [-0.3, -0.25) is 0 Å². The number of benzene rings is 1. The minimum absolute atomic E-state index is 0.324. The van der Waals surface area contributed by atoms with E-state index in [0.29, 0.717) is 17.7 Å². The van der Waals surface area contributed by atoms with E-state index in [1.807, 2.05) is 24.3 Å². The summed E-state index contributed by atoms with van der Waals surface area (Å²) in [6.45, 7) is 1.72. The first-order valence-electron chi connectivity index (χ1n) is 7.12. The highest BCUT2D eigenvalue weighted by molar-refractivity contribution is 5.94. The molecule has 0 N–H and O–H groups in total. The first-order chi connectivity index (χ1) is 10.2. The number of pyridine rings is 1. The number of carbonyl (C=O) groups is 1. The summed E-state index contributed by atoms with van der Waals surface area (Å²) in [5, 5.41) is 0.947. The molecule has 1 aromatic heterocycles. The molecule has 2 aliphatic heterocycles. The molecule has 4 rings (SSSR count). The fraction of sp³-hybridized carbons (Fsp3) is 0.375. The zero-order chi connectivity index (χ0) is 14.4. The Morgan fingerprint density at radius 2 is 2.29 bits per heavy atom. The number of ether oxygens (including phenoxy) is 2. The zero-order valence-corrected chi connectivity index (χ0v) is 11.8. The second kappa shape index (κ2) is 4.70. The van der Waals surface area contributed by atoms with E-state index in [0.717, 1.165) is 36.3 Å². The first-order valence-corrected chi connectivity index (χ1v) is 7.12. The maximum atomic E-state index is 11.6. The molecule has 2 aromatic rings. The molecule has 2 fully saturated rings. The van der Waals surface area contributed by atoms with Gasteiger partial charge in [-0.05, 0) is 36.8 Å². The molecule has 2 aliphatic rings. The van der Waals surface area contributed by atoms with Gasteiger partial charge in [-0.1, -0.05) is 0 Å². The Bertz CT molecular complexity index is 716. The van der Waals surface area contributed by atoms with E-state index in [-0.39, 0.29) is 5.97 Å². The van der Waals surface area contributed by atoms with Gasteiger partial charge in [-0.25, -0.2) is 9.78 Å². The fourth-order valence-electron chi connectivity index (χ4n) is 3.20. The summed E-state index contributed by atoms with van der Waals surface area (Å²) in [6, 6.07) is 9.92. The number of morpholine rings is 1. The monoisotopic (exact) mass is 284 g/mol. The van der Waals surface area contributed by atoms with Crippen molar-refractivity contribution < 1.29 is 14.3 Å². The van der Waals surface area contributed by atoms with Gasteiger partial charge in [0, 0.05) is 11.9 Å². The Morgan fingerprint density at radius 3 is 3.00 bits per heavy atom. The molecule has 0 amide bonds. The van der Waals surface area contributed by atoms with Crippen LogP contribution in [0.15, 0.2) is 30.3 Å². The normalized spacial score (nSPS) is 23.8. The Hall–Kier alpha value is -2.14. The number of nitrogens with zero attached hydrogens (tertiary/aromatic N) is 2. The Labute approximate surface area is 122 Å². The van der Waals surface area contributed by atoms with Crippen molar-refractivity contribution >= 4 is 22.7 Å². The Kier molecular flexibility index (Phi) is 2.82. The highest BCUT2D eigenvalue weighted by atomic mass is 16.5. The van der Waals surface area contributed by atoms with Gasteiger partial charge in [0.15, 0.2) is 0 Å². The lowest BCUT2D eigenvalue weighted by molar-refractivity contribution is 0.0601. The molecule has 0 unspecified atom stereocenters. The Morgan fingerprint density at radius 1 is 1.38 bits per heavy atom.